The van der Waals surface area contributed by atoms with Crippen LogP contribution in [0.4, 0.5) is 43.9 Å². The maximum absolute atomic E-state index is 15.0. The van der Waals surface area contributed by atoms with E-state index >= 15 is 0 Å². The van der Waals surface area contributed by atoms with Crippen LogP contribution in [0.5, 0.6) is 5.75 Å². The number of hydrogen-bond donors (Lipinski definition) is 0. The van der Waals surface area contributed by atoms with Gasteiger partial charge in [0.1, 0.15) is 40.4 Å². The zero-order valence-electron chi connectivity index (χ0n) is 21.6. The SMILES string of the molecule is CCCc1ccc(-c2ccc(-c3cc(F)c(/C=C/C(F)(F)Oc4cc(F)c(C(F)(F)F)c(F)c4)c(F)c3)c(F)c2)cc1. The third-order valence-corrected chi connectivity index (χ3v) is 6.18. The molecule has 4 aromatic rings. The molecule has 4 rings (SSSR count). The lowest BCUT2D eigenvalue weighted by molar-refractivity contribution is -0.143. The zero-order chi connectivity index (χ0) is 30.8. The van der Waals surface area contributed by atoms with Crippen LogP contribution in [0.3, 0.4) is 0 Å². The minimum Gasteiger partial charge on any atom is -0.429 e. The molecule has 0 saturated heterocycles. The summed E-state index contributed by atoms with van der Waals surface area (Å²) < 4.78 is 142. The molecule has 0 fully saturated rings. The Kier molecular flexibility index (Phi) is 8.70. The molecule has 1 nitrogen and oxygen atoms in total. The fourth-order valence-corrected chi connectivity index (χ4v) is 4.23. The van der Waals surface area contributed by atoms with Gasteiger partial charge in [-0.1, -0.05) is 49.7 Å². The van der Waals surface area contributed by atoms with Crippen molar-refractivity contribution in [2.24, 2.45) is 0 Å². The maximum atomic E-state index is 15.0. The standard InChI is InChI=1S/C31H20F10O/c1-2-3-17-4-6-18(7-5-17)19-8-9-22(24(32)12-19)20-13-25(33)23(26(34)14-20)10-11-30(37,38)42-21-15-27(35)29(28(36)16-21)31(39,40)41/h4-16H,2-3H2,1H3/b11-10+. The van der Waals surface area contributed by atoms with Crippen molar-refractivity contribution in [1.29, 1.82) is 0 Å². The van der Waals surface area contributed by atoms with E-state index in [1.807, 2.05) is 31.2 Å². The van der Waals surface area contributed by atoms with Crippen LogP contribution in [0.15, 0.2) is 72.8 Å². The summed E-state index contributed by atoms with van der Waals surface area (Å²) in [5.41, 5.74) is -1.29. The van der Waals surface area contributed by atoms with Crippen molar-refractivity contribution in [3.8, 4) is 28.0 Å². The molecule has 0 aliphatic heterocycles. The molecule has 0 aliphatic rings. The first-order chi connectivity index (χ1) is 19.7. The number of hydrogen-bond acceptors (Lipinski definition) is 1. The highest BCUT2D eigenvalue weighted by Gasteiger charge is 2.39. The Labute approximate surface area is 233 Å². The van der Waals surface area contributed by atoms with Crippen LogP contribution >= 0.6 is 0 Å². The van der Waals surface area contributed by atoms with Crippen molar-refractivity contribution in [2.75, 3.05) is 0 Å². The fraction of sp³-hybridized carbons (Fsp3) is 0.161. The molecule has 0 heterocycles. The second kappa shape index (κ2) is 11.9. The largest absolute Gasteiger partial charge is 0.429 e. The summed E-state index contributed by atoms with van der Waals surface area (Å²) in [5.74, 6) is -9.19. The van der Waals surface area contributed by atoms with Crippen LogP contribution in [-0.4, -0.2) is 6.11 Å². The Balaban J connectivity index is 1.55. The Hall–Kier alpha value is -4.28. The molecule has 4 aromatic carbocycles. The van der Waals surface area contributed by atoms with E-state index in [0.717, 1.165) is 36.1 Å². The average Bonchev–Trinajstić information content (AvgIpc) is 2.87. The van der Waals surface area contributed by atoms with E-state index in [1.165, 1.54) is 12.1 Å². The summed E-state index contributed by atoms with van der Waals surface area (Å²) in [4.78, 5) is 0. The highest BCUT2D eigenvalue weighted by Crippen LogP contribution is 2.37. The van der Waals surface area contributed by atoms with E-state index in [1.54, 1.807) is 6.07 Å². The quantitative estimate of drug-likeness (QED) is 0.184. The molecule has 0 unspecified atom stereocenters. The van der Waals surface area contributed by atoms with E-state index in [4.69, 9.17) is 0 Å². The van der Waals surface area contributed by atoms with Crippen molar-refractivity contribution in [3.63, 3.8) is 0 Å². The topological polar surface area (TPSA) is 9.23 Å². The van der Waals surface area contributed by atoms with Crippen molar-refractivity contribution in [1.82, 2.24) is 0 Å². The first-order valence-corrected chi connectivity index (χ1v) is 12.4. The van der Waals surface area contributed by atoms with Crippen molar-refractivity contribution < 1.29 is 48.6 Å². The van der Waals surface area contributed by atoms with Crippen LogP contribution in [-0.2, 0) is 12.6 Å². The van der Waals surface area contributed by atoms with Gasteiger partial charge in [0.2, 0.25) is 0 Å². The van der Waals surface area contributed by atoms with Gasteiger partial charge in [-0.3, -0.25) is 0 Å². The fourth-order valence-electron chi connectivity index (χ4n) is 4.23. The molecule has 0 N–H and O–H groups in total. The zero-order valence-corrected chi connectivity index (χ0v) is 21.6. The van der Waals surface area contributed by atoms with Gasteiger partial charge in [0.15, 0.2) is 0 Å². The van der Waals surface area contributed by atoms with Gasteiger partial charge in [-0.15, -0.1) is 0 Å². The number of benzene rings is 4. The van der Waals surface area contributed by atoms with E-state index in [2.05, 4.69) is 4.74 Å². The van der Waals surface area contributed by atoms with E-state index in [9.17, 15) is 43.9 Å². The first kappa shape index (κ1) is 30.7. The van der Waals surface area contributed by atoms with Gasteiger partial charge in [-0.2, -0.15) is 22.0 Å². The molecule has 0 bridgehead atoms. The van der Waals surface area contributed by atoms with Gasteiger partial charge < -0.3 is 4.74 Å². The lowest BCUT2D eigenvalue weighted by Crippen LogP contribution is -2.22. The molecule has 0 spiro atoms. The van der Waals surface area contributed by atoms with Gasteiger partial charge >= 0.3 is 12.3 Å². The minimum atomic E-state index is -5.43. The van der Waals surface area contributed by atoms with Gasteiger partial charge in [-0.25, -0.2) is 22.0 Å². The van der Waals surface area contributed by atoms with Crippen molar-refractivity contribution in [2.45, 2.75) is 32.1 Å². The second-order valence-electron chi connectivity index (χ2n) is 9.25. The second-order valence-corrected chi connectivity index (χ2v) is 9.25. The van der Waals surface area contributed by atoms with E-state index in [-0.39, 0.29) is 35.4 Å². The maximum Gasteiger partial charge on any atom is 0.422 e. The Morgan fingerprint density at radius 1 is 0.643 bits per heavy atom. The summed E-state index contributed by atoms with van der Waals surface area (Å²) in [5, 5.41) is 0. The van der Waals surface area contributed by atoms with Gasteiger partial charge in [0.25, 0.3) is 0 Å². The van der Waals surface area contributed by atoms with E-state index in [0.29, 0.717) is 5.56 Å². The van der Waals surface area contributed by atoms with Gasteiger partial charge in [0, 0.05) is 29.3 Å². The van der Waals surface area contributed by atoms with E-state index < -0.39 is 58.2 Å². The Bertz CT molecular complexity index is 1580. The molecule has 0 saturated carbocycles. The molecule has 0 amide bonds. The Morgan fingerprint density at radius 2 is 1.19 bits per heavy atom. The van der Waals surface area contributed by atoms with Crippen molar-refractivity contribution >= 4 is 6.08 Å². The number of halogens is 10. The number of alkyl halides is 5. The normalized spacial score (nSPS) is 12.3. The summed E-state index contributed by atoms with van der Waals surface area (Å²) in [6.07, 6.45) is -7.92. The molecule has 11 heteroatoms. The number of aryl methyl sites for hydroxylation is 1. The van der Waals surface area contributed by atoms with Crippen LogP contribution in [0.25, 0.3) is 28.3 Å². The van der Waals surface area contributed by atoms with Crippen LogP contribution in [0.2, 0.25) is 0 Å². The highest BCUT2D eigenvalue weighted by atomic mass is 19.4. The Morgan fingerprint density at radius 3 is 1.71 bits per heavy atom. The molecular formula is C31H20F10O. The number of ether oxygens (including phenoxy) is 1. The summed E-state index contributed by atoms with van der Waals surface area (Å²) in [6.45, 7) is 2.04. The molecule has 0 radical (unpaired) electrons. The highest BCUT2D eigenvalue weighted by molar-refractivity contribution is 5.72. The molecule has 0 aromatic heterocycles. The predicted octanol–water partition coefficient (Wildman–Crippen LogP) is 10.4. The summed E-state index contributed by atoms with van der Waals surface area (Å²) in [6, 6.07) is 12.8. The predicted molar refractivity (Wildman–Crippen MR) is 137 cm³/mol. The van der Waals surface area contributed by atoms with Crippen LogP contribution in [0.1, 0.15) is 30.0 Å². The van der Waals surface area contributed by atoms with Gasteiger partial charge in [-0.05, 0) is 52.9 Å². The van der Waals surface area contributed by atoms with Crippen molar-refractivity contribution in [3.05, 3.63) is 119 Å². The van der Waals surface area contributed by atoms with Crippen LogP contribution < -0.4 is 4.74 Å². The summed E-state index contributed by atoms with van der Waals surface area (Å²) in [7, 11) is 0. The third-order valence-electron chi connectivity index (χ3n) is 6.18. The third kappa shape index (κ3) is 6.95. The molecular weight excluding hydrogens is 578 g/mol. The summed E-state index contributed by atoms with van der Waals surface area (Å²) >= 11 is 0. The molecule has 42 heavy (non-hydrogen) atoms. The number of rotatable bonds is 8. The average molecular weight is 598 g/mol. The minimum absolute atomic E-state index is 0.106. The molecule has 0 atom stereocenters. The first-order valence-electron chi connectivity index (χ1n) is 12.4. The smallest absolute Gasteiger partial charge is 0.422 e. The molecule has 0 aliphatic carbocycles. The molecule has 220 valence electrons. The lowest BCUT2D eigenvalue weighted by Gasteiger charge is -2.16. The monoisotopic (exact) mass is 598 g/mol. The van der Waals surface area contributed by atoms with Crippen LogP contribution in [0, 0.1) is 29.1 Å². The lowest BCUT2D eigenvalue weighted by atomic mass is 9.97. The van der Waals surface area contributed by atoms with Gasteiger partial charge in [0.05, 0.1) is 0 Å².